The Kier molecular flexibility index (Phi) is 4.95. The first-order chi connectivity index (χ1) is 12.4. The van der Waals surface area contributed by atoms with E-state index < -0.39 is 12.1 Å². The molecule has 0 aliphatic carbocycles. The summed E-state index contributed by atoms with van der Waals surface area (Å²) in [7, 11) is 1.82. The van der Waals surface area contributed by atoms with Crippen LogP contribution in [0.25, 0.3) is 11.0 Å². The summed E-state index contributed by atoms with van der Waals surface area (Å²) in [5.41, 5.74) is 2.42. The number of aromatic carboxylic acids is 1. The molecule has 2 aromatic carbocycles. The minimum atomic E-state index is -1.11. The SMILES string of the molecule is CCc1nc2c(O)cc(C(=O)O)c(CCC(O)c3ccccc3)c2n1C. The molecule has 6 nitrogen and oxygen atoms in total. The first-order valence-corrected chi connectivity index (χ1v) is 8.60. The highest BCUT2D eigenvalue weighted by atomic mass is 16.4. The van der Waals surface area contributed by atoms with Gasteiger partial charge in [-0.25, -0.2) is 9.78 Å². The Bertz CT molecular complexity index is 948. The Balaban J connectivity index is 2.05. The van der Waals surface area contributed by atoms with Gasteiger partial charge >= 0.3 is 5.97 Å². The van der Waals surface area contributed by atoms with Crippen molar-refractivity contribution in [3.05, 3.63) is 58.9 Å². The summed E-state index contributed by atoms with van der Waals surface area (Å²) in [6.07, 6.45) is 0.702. The van der Waals surface area contributed by atoms with Crippen LogP contribution in [0.4, 0.5) is 0 Å². The number of hydrogen-bond donors (Lipinski definition) is 3. The van der Waals surface area contributed by atoms with Crippen LogP contribution >= 0.6 is 0 Å². The lowest BCUT2D eigenvalue weighted by Gasteiger charge is -2.14. The molecule has 6 heteroatoms. The predicted molar refractivity (Wildman–Crippen MR) is 98.4 cm³/mol. The second kappa shape index (κ2) is 7.17. The van der Waals surface area contributed by atoms with Gasteiger partial charge in [-0.2, -0.15) is 0 Å². The summed E-state index contributed by atoms with van der Waals surface area (Å²) in [5, 5.41) is 30.2. The van der Waals surface area contributed by atoms with E-state index in [2.05, 4.69) is 4.98 Å². The summed E-state index contributed by atoms with van der Waals surface area (Å²) < 4.78 is 1.83. The average Bonchev–Trinajstić information content (AvgIpc) is 2.98. The second-order valence-electron chi connectivity index (χ2n) is 6.33. The van der Waals surface area contributed by atoms with Crippen LogP contribution < -0.4 is 0 Å². The van der Waals surface area contributed by atoms with Gasteiger partial charge in [-0.3, -0.25) is 0 Å². The van der Waals surface area contributed by atoms with Gasteiger partial charge in [0.15, 0.2) is 0 Å². The molecule has 0 saturated carbocycles. The Labute approximate surface area is 151 Å². The lowest BCUT2D eigenvalue weighted by Crippen LogP contribution is -2.08. The van der Waals surface area contributed by atoms with E-state index in [4.69, 9.17) is 0 Å². The van der Waals surface area contributed by atoms with Crippen molar-refractivity contribution in [3.8, 4) is 5.75 Å². The van der Waals surface area contributed by atoms with Crippen LogP contribution in [0.5, 0.6) is 5.75 Å². The number of aryl methyl sites for hydroxylation is 3. The smallest absolute Gasteiger partial charge is 0.336 e. The quantitative estimate of drug-likeness (QED) is 0.632. The van der Waals surface area contributed by atoms with Crippen LogP contribution in [0.1, 0.15) is 46.8 Å². The summed E-state index contributed by atoms with van der Waals surface area (Å²) >= 11 is 0. The van der Waals surface area contributed by atoms with Crippen molar-refractivity contribution < 1.29 is 20.1 Å². The highest BCUT2D eigenvalue weighted by Gasteiger charge is 2.22. The standard InChI is InChI=1S/C20H22N2O4/c1-3-17-21-18-16(24)11-14(20(25)26)13(19(18)22(17)2)9-10-15(23)12-7-5-4-6-8-12/h4-8,11,15,23-24H,3,9-10H2,1-2H3,(H,25,26). The van der Waals surface area contributed by atoms with Gasteiger partial charge in [0.1, 0.15) is 17.1 Å². The van der Waals surface area contributed by atoms with Gasteiger partial charge in [0.05, 0.1) is 17.2 Å². The molecule has 1 heterocycles. The molecule has 136 valence electrons. The van der Waals surface area contributed by atoms with Crippen LogP contribution in [-0.4, -0.2) is 30.8 Å². The largest absolute Gasteiger partial charge is 0.506 e. The number of aliphatic hydroxyl groups is 1. The number of aromatic nitrogens is 2. The molecule has 0 aliphatic heterocycles. The molecule has 0 bridgehead atoms. The maximum atomic E-state index is 11.7. The maximum absolute atomic E-state index is 11.7. The van der Waals surface area contributed by atoms with Crippen molar-refractivity contribution in [2.45, 2.75) is 32.3 Å². The van der Waals surface area contributed by atoms with E-state index in [0.29, 0.717) is 35.9 Å². The fourth-order valence-corrected chi connectivity index (χ4v) is 3.37. The number of nitrogens with zero attached hydrogens (tertiary/aromatic N) is 2. The number of carboxylic acids is 1. The zero-order valence-electron chi connectivity index (χ0n) is 14.8. The Morgan fingerprint density at radius 1 is 1.27 bits per heavy atom. The summed E-state index contributed by atoms with van der Waals surface area (Å²) in [6.45, 7) is 1.95. The number of carboxylic acid groups (broad SMARTS) is 1. The van der Waals surface area contributed by atoms with Gasteiger partial charge in [0, 0.05) is 13.5 Å². The number of phenolic OH excluding ortho intramolecular Hbond substituents is 1. The van der Waals surface area contributed by atoms with E-state index >= 15 is 0 Å². The first kappa shape index (κ1) is 17.9. The van der Waals surface area contributed by atoms with Gasteiger partial charge in [-0.15, -0.1) is 0 Å². The van der Waals surface area contributed by atoms with E-state index in [-0.39, 0.29) is 11.3 Å². The van der Waals surface area contributed by atoms with Crippen molar-refractivity contribution in [1.82, 2.24) is 9.55 Å². The molecule has 0 radical (unpaired) electrons. The van der Waals surface area contributed by atoms with Crippen molar-refractivity contribution in [1.29, 1.82) is 0 Å². The van der Waals surface area contributed by atoms with Crippen molar-refractivity contribution in [3.63, 3.8) is 0 Å². The highest BCUT2D eigenvalue weighted by molar-refractivity contribution is 5.98. The minimum absolute atomic E-state index is 0.0425. The number of hydrogen-bond acceptors (Lipinski definition) is 4. The molecule has 3 aromatic rings. The van der Waals surface area contributed by atoms with Crippen LogP contribution in [-0.2, 0) is 19.9 Å². The molecule has 1 atom stereocenters. The Morgan fingerprint density at radius 2 is 1.96 bits per heavy atom. The Morgan fingerprint density at radius 3 is 2.58 bits per heavy atom. The number of fused-ring (bicyclic) bond motifs is 1. The monoisotopic (exact) mass is 354 g/mol. The molecule has 0 saturated heterocycles. The van der Waals surface area contributed by atoms with Gasteiger partial charge in [0.2, 0.25) is 0 Å². The molecule has 0 spiro atoms. The van der Waals surface area contributed by atoms with Gasteiger partial charge < -0.3 is 19.9 Å². The fraction of sp³-hybridized carbons (Fsp3) is 0.300. The second-order valence-corrected chi connectivity index (χ2v) is 6.33. The van der Waals surface area contributed by atoms with E-state index in [0.717, 1.165) is 11.4 Å². The summed E-state index contributed by atoms with van der Waals surface area (Å²) in [5.74, 6) is -0.478. The van der Waals surface area contributed by atoms with Gasteiger partial charge in [0.25, 0.3) is 0 Å². The molecule has 3 rings (SSSR count). The van der Waals surface area contributed by atoms with E-state index in [1.807, 2.05) is 48.9 Å². The third-order valence-corrected chi connectivity index (χ3v) is 4.72. The van der Waals surface area contributed by atoms with E-state index in [1.54, 1.807) is 0 Å². The molecular weight excluding hydrogens is 332 g/mol. The lowest BCUT2D eigenvalue weighted by molar-refractivity contribution is 0.0694. The van der Waals surface area contributed by atoms with Crippen molar-refractivity contribution in [2.24, 2.45) is 7.05 Å². The highest BCUT2D eigenvalue weighted by Crippen LogP contribution is 2.33. The van der Waals surface area contributed by atoms with Crippen molar-refractivity contribution >= 4 is 17.0 Å². The number of rotatable bonds is 6. The minimum Gasteiger partial charge on any atom is -0.506 e. The van der Waals surface area contributed by atoms with Crippen LogP contribution in [0.3, 0.4) is 0 Å². The normalized spacial score (nSPS) is 12.4. The van der Waals surface area contributed by atoms with Gasteiger partial charge in [-0.05, 0) is 30.0 Å². The zero-order chi connectivity index (χ0) is 18.8. The molecule has 3 N–H and O–H groups in total. The van der Waals surface area contributed by atoms with Crippen LogP contribution in [0, 0.1) is 0 Å². The molecule has 1 aromatic heterocycles. The van der Waals surface area contributed by atoms with Crippen molar-refractivity contribution in [2.75, 3.05) is 0 Å². The first-order valence-electron chi connectivity index (χ1n) is 8.60. The number of imidazole rings is 1. The fourth-order valence-electron chi connectivity index (χ4n) is 3.37. The topological polar surface area (TPSA) is 95.6 Å². The molecule has 1 unspecified atom stereocenters. The lowest BCUT2D eigenvalue weighted by atomic mass is 9.96. The number of benzene rings is 2. The molecule has 0 fully saturated rings. The number of carbonyl (C=O) groups is 1. The van der Waals surface area contributed by atoms with Crippen LogP contribution in [0.15, 0.2) is 36.4 Å². The van der Waals surface area contributed by atoms with Crippen LogP contribution in [0.2, 0.25) is 0 Å². The van der Waals surface area contributed by atoms with Gasteiger partial charge in [-0.1, -0.05) is 37.3 Å². The Hall–Kier alpha value is -2.86. The average molecular weight is 354 g/mol. The number of aliphatic hydroxyl groups excluding tert-OH is 1. The zero-order valence-corrected chi connectivity index (χ0v) is 14.8. The third kappa shape index (κ3) is 3.15. The number of aromatic hydroxyl groups is 1. The third-order valence-electron chi connectivity index (χ3n) is 4.72. The maximum Gasteiger partial charge on any atom is 0.336 e. The van der Waals surface area contributed by atoms with E-state index in [9.17, 15) is 20.1 Å². The predicted octanol–water partition coefficient (Wildman–Crippen LogP) is 3.21. The molecule has 26 heavy (non-hydrogen) atoms. The number of phenols is 1. The molecular formula is C20H22N2O4. The molecule has 0 aliphatic rings. The molecule has 0 amide bonds. The van der Waals surface area contributed by atoms with E-state index in [1.165, 1.54) is 6.07 Å². The summed E-state index contributed by atoms with van der Waals surface area (Å²) in [4.78, 5) is 16.2. The summed E-state index contributed by atoms with van der Waals surface area (Å²) in [6, 6.07) is 10.5.